The van der Waals surface area contributed by atoms with Crippen molar-refractivity contribution in [2.75, 3.05) is 5.32 Å². The van der Waals surface area contributed by atoms with Crippen molar-refractivity contribution in [3.8, 4) is 0 Å². The normalized spacial score (nSPS) is 39.4. The Labute approximate surface area is 131 Å². The van der Waals surface area contributed by atoms with Crippen LogP contribution in [0.4, 0.5) is 5.69 Å². The quantitative estimate of drug-likeness (QED) is 0.659. The fourth-order valence-corrected chi connectivity index (χ4v) is 5.32. The van der Waals surface area contributed by atoms with Crippen molar-refractivity contribution in [3.05, 3.63) is 29.8 Å². The summed E-state index contributed by atoms with van der Waals surface area (Å²) in [7, 11) is 0. The second-order valence-electron chi connectivity index (χ2n) is 6.32. The summed E-state index contributed by atoms with van der Waals surface area (Å²) in [5.41, 5.74) is 1.89. The van der Waals surface area contributed by atoms with Crippen molar-refractivity contribution < 1.29 is 14.3 Å². The Balaban J connectivity index is 1.59. The van der Waals surface area contributed by atoms with E-state index in [0.717, 1.165) is 17.7 Å². The van der Waals surface area contributed by atoms with E-state index in [1.54, 1.807) is 0 Å². The van der Waals surface area contributed by atoms with Crippen LogP contribution in [0.2, 0.25) is 0 Å². The van der Waals surface area contributed by atoms with Crippen LogP contribution in [0, 0.1) is 30.6 Å². The van der Waals surface area contributed by atoms with Crippen molar-refractivity contribution in [2.45, 2.75) is 24.3 Å². The van der Waals surface area contributed by atoms with Crippen LogP contribution in [0.1, 0.15) is 12.0 Å². The molecule has 21 heavy (non-hydrogen) atoms. The van der Waals surface area contributed by atoms with Gasteiger partial charge in [-0.05, 0) is 37.0 Å². The van der Waals surface area contributed by atoms with Crippen LogP contribution < -0.4 is 5.32 Å². The van der Waals surface area contributed by atoms with Crippen LogP contribution in [-0.4, -0.2) is 22.8 Å². The highest BCUT2D eigenvalue weighted by molar-refractivity contribution is 9.09. The second-order valence-corrected chi connectivity index (χ2v) is 7.38. The predicted molar refractivity (Wildman–Crippen MR) is 81.0 cm³/mol. The Morgan fingerprint density at radius 3 is 2.95 bits per heavy atom. The van der Waals surface area contributed by atoms with Gasteiger partial charge in [0.05, 0.1) is 16.7 Å². The lowest BCUT2D eigenvalue weighted by Crippen LogP contribution is -2.40. The highest BCUT2D eigenvalue weighted by Gasteiger charge is 2.67. The molecule has 2 saturated carbocycles. The monoisotopic (exact) mass is 349 g/mol. The van der Waals surface area contributed by atoms with Crippen LogP contribution in [-0.2, 0) is 14.3 Å². The third kappa shape index (κ3) is 1.86. The molecule has 3 aliphatic rings. The molecule has 1 saturated heterocycles. The minimum Gasteiger partial charge on any atom is -0.461 e. The number of benzene rings is 1. The predicted octanol–water partition coefficient (Wildman–Crippen LogP) is 2.50. The first kappa shape index (κ1) is 13.3. The third-order valence-corrected chi connectivity index (χ3v) is 6.31. The third-order valence-electron chi connectivity index (χ3n) is 5.11. The maximum atomic E-state index is 12.7. The van der Waals surface area contributed by atoms with Crippen LogP contribution in [0.3, 0.4) is 0 Å². The van der Waals surface area contributed by atoms with Gasteiger partial charge in [0.15, 0.2) is 0 Å². The standard InChI is InChI=1S/C16H16BrNO3/c1-7-3-2-4-8(5-7)18-15(19)11-9-6-10-12(11)16(20)21-14(10)13(9)17/h2-5,9-14H,6H2,1H3,(H,18,19)/t9-,10-,11-,12+,13-,14+/m1/s1. The summed E-state index contributed by atoms with van der Waals surface area (Å²) in [4.78, 5) is 24.8. The van der Waals surface area contributed by atoms with Gasteiger partial charge in [0.25, 0.3) is 0 Å². The van der Waals surface area contributed by atoms with E-state index in [0.29, 0.717) is 0 Å². The Morgan fingerprint density at radius 2 is 2.19 bits per heavy atom. The molecule has 1 N–H and O–H groups in total. The highest BCUT2D eigenvalue weighted by atomic mass is 79.9. The zero-order chi connectivity index (χ0) is 14.7. The minimum absolute atomic E-state index is 0.0319. The van der Waals surface area contributed by atoms with Gasteiger partial charge in [0.1, 0.15) is 6.10 Å². The molecule has 6 atom stereocenters. The lowest BCUT2D eigenvalue weighted by molar-refractivity contribution is -0.145. The van der Waals surface area contributed by atoms with Gasteiger partial charge in [-0.3, -0.25) is 9.59 Å². The van der Waals surface area contributed by atoms with Crippen molar-refractivity contribution in [3.63, 3.8) is 0 Å². The molecule has 0 radical (unpaired) electrons. The molecule has 2 aliphatic carbocycles. The minimum atomic E-state index is -0.272. The number of hydrogen-bond acceptors (Lipinski definition) is 3. The van der Waals surface area contributed by atoms with E-state index in [1.807, 2.05) is 31.2 Å². The van der Waals surface area contributed by atoms with Gasteiger partial charge in [-0.1, -0.05) is 28.1 Å². The van der Waals surface area contributed by atoms with Gasteiger partial charge in [-0.15, -0.1) is 0 Å². The van der Waals surface area contributed by atoms with Crippen molar-refractivity contribution in [2.24, 2.45) is 23.7 Å². The number of halogens is 1. The number of rotatable bonds is 2. The fraction of sp³-hybridized carbons (Fsp3) is 0.500. The smallest absolute Gasteiger partial charge is 0.310 e. The number of carbonyl (C=O) groups is 2. The lowest BCUT2D eigenvalue weighted by atomic mass is 9.79. The summed E-state index contributed by atoms with van der Waals surface area (Å²) in [6.45, 7) is 1.99. The average Bonchev–Trinajstić information content (AvgIpc) is 3.02. The number of fused-ring (bicyclic) bond motifs is 1. The zero-order valence-corrected chi connectivity index (χ0v) is 13.2. The molecule has 1 heterocycles. The van der Waals surface area contributed by atoms with Crippen LogP contribution in [0.15, 0.2) is 24.3 Å². The van der Waals surface area contributed by atoms with E-state index in [9.17, 15) is 9.59 Å². The molecule has 5 heteroatoms. The molecule has 4 nitrogen and oxygen atoms in total. The number of amides is 1. The van der Waals surface area contributed by atoms with Crippen molar-refractivity contribution in [1.29, 1.82) is 0 Å². The van der Waals surface area contributed by atoms with Gasteiger partial charge in [-0.25, -0.2) is 0 Å². The number of ether oxygens (including phenoxy) is 1. The van der Waals surface area contributed by atoms with Crippen LogP contribution >= 0.6 is 15.9 Å². The van der Waals surface area contributed by atoms with Crippen LogP contribution in [0.25, 0.3) is 0 Å². The Hall–Kier alpha value is -1.36. The van der Waals surface area contributed by atoms with Gasteiger partial charge < -0.3 is 10.1 Å². The molecule has 2 bridgehead atoms. The number of nitrogens with one attached hydrogen (secondary N) is 1. The lowest BCUT2D eigenvalue weighted by Gasteiger charge is -2.27. The van der Waals surface area contributed by atoms with Crippen molar-refractivity contribution in [1.82, 2.24) is 0 Å². The molecular formula is C16H16BrNO3. The maximum absolute atomic E-state index is 12.7. The fourth-order valence-electron chi connectivity index (χ4n) is 4.28. The molecule has 1 aromatic rings. The number of carbonyl (C=O) groups excluding carboxylic acids is 2. The zero-order valence-electron chi connectivity index (χ0n) is 11.6. The molecule has 0 aromatic heterocycles. The first-order valence-electron chi connectivity index (χ1n) is 7.28. The molecule has 1 amide bonds. The topological polar surface area (TPSA) is 55.4 Å². The molecule has 0 unspecified atom stereocenters. The molecular weight excluding hydrogens is 334 g/mol. The first-order chi connectivity index (χ1) is 10.1. The summed E-state index contributed by atoms with van der Waals surface area (Å²) in [5.74, 6) is -0.371. The van der Waals surface area contributed by atoms with E-state index in [2.05, 4.69) is 21.2 Å². The summed E-state index contributed by atoms with van der Waals surface area (Å²) in [6.07, 6.45) is 0.874. The SMILES string of the molecule is Cc1cccc(NC(=O)[C@@H]2[C@H]3C[C@H]4[C@H](OC(=O)[C@@H]42)[C@@H]3Br)c1. The van der Waals surface area contributed by atoms with Gasteiger partial charge in [0.2, 0.25) is 5.91 Å². The number of aryl methyl sites for hydroxylation is 1. The van der Waals surface area contributed by atoms with E-state index in [-0.39, 0.29) is 46.5 Å². The Kier molecular flexibility index (Phi) is 2.89. The molecule has 3 fully saturated rings. The number of anilines is 1. The highest BCUT2D eigenvalue weighted by Crippen LogP contribution is 2.60. The Morgan fingerprint density at radius 1 is 1.38 bits per heavy atom. The second kappa shape index (κ2) is 4.57. The maximum Gasteiger partial charge on any atom is 0.310 e. The summed E-state index contributed by atoms with van der Waals surface area (Å²) in [6, 6.07) is 7.71. The summed E-state index contributed by atoms with van der Waals surface area (Å²) >= 11 is 3.62. The molecule has 1 aromatic carbocycles. The number of esters is 1. The molecule has 0 spiro atoms. The summed E-state index contributed by atoms with van der Waals surface area (Å²) < 4.78 is 5.44. The molecule has 1 aliphatic heterocycles. The Bertz CT molecular complexity index is 632. The van der Waals surface area contributed by atoms with E-state index >= 15 is 0 Å². The number of hydrogen-bond donors (Lipinski definition) is 1. The van der Waals surface area contributed by atoms with E-state index < -0.39 is 0 Å². The van der Waals surface area contributed by atoms with Gasteiger partial charge >= 0.3 is 5.97 Å². The van der Waals surface area contributed by atoms with Gasteiger partial charge in [0, 0.05) is 11.6 Å². The van der Waals surface area contributed by atoms with E-state index in [1.165, 1.54) is 0 Å². The first-order valence-corrected chi connectivity index (χ1v) is 8.20. The van der Waals surface area contributed by atoms with Crippen LogP contribution in [0.5, 0.6) is 0 Å². The van der Waals surface area contributed by atoms with E-state index in [4.69, 9.17) is 4.74 Å². The van der Waals surface area contributed by atoms with Crippen molar-refractivity contribution >= 4 is 33.5 Å². The summed E-state index contributed by atoms with van der Waals surface area (Å²) in [5, 5.41) is 2.97. The molecule has 110 valence electrons. The number of alkyl halides is 1. The van der Waals surface area contributed by atoms with Gasteiger partial charge in [-0.2, -0.15) is 0 Å². The molecule has 4 rings (SSSR count). The average molecular weight is 350 g/mol. The largest absolute Gasteiger partial charge is 0.461 e.